The molecule has 0 atom stereocenters. The maximum atomic E-state index is 14.6. The normalized spacial score (nSPS) is 10.7. The molecule has 0 aliphatic carbocycles. The molecule has 6 amide bonds. The molecule has 0 aliphatic rings. The van der Waals surface area contributed by atoms with Crippen molar-refractivity contribution in [1.82, 2.24) is 31.9 Å². The summed E-state index contributed by atoms with van der Waals surface area (Å²) in [7, 11) is 0. The van der Waals surface area contributed by atoms with Crippen LogP contribution in [-0.4, -0.2) is 35.4 Å². The van der Waals surface area contributed by atoms with E-state index >= 15 is 0 Å². The third kappa shape index (κ3) is 21.1. The van der Waals surface area contributed by atoms with Gasteiger partial charge in [0.2, 0.25) is 0 Å². The zero-order valence-corrected chi connectivity index (χ0v) is 62.6. The second-order valence-electron chi connectivity index (χ2n) is 26.6. The molecule has 13 aromatic rings. The molecular weight excluding hydrogens is 1430 g/mol. The van der Waals surface area contributed by atoms with Crippen molar-refractivity contribution in [2.45, 2.75) is 78.9 Å². The fourth-order valence-electron chi connectivity index (χ4n) is 13.0. The summed E-state index contributed by atoms with van der Waals surface area (Å²) in [5, 5.41) is 18.4. The highest BCUT2D eigenvalue weighted by Gasteiger charge is 2.30. The van der Waals surface area contributed by atoms with Crippen molar-refractivity contribution in [3.8, 4) is 34.5 Å². The Morgan fingerprint density at radius 3 is 0.430 bits per heavy atom. The summed E-state index contributed by atoms with van der Waals surface area (Å²) in [5.74, 6) is -1.38. The number of carbonyl (C=O) groups is 6. The molecule has 18 heteroatoms. The van der Waals surface area contributed by atoms with Gasteiger partial charge in [-0.15, -0.1) is 0 Å². The number of amides is 6. The van der Waals surface area contributed by atoms with E-state index in [1.54, 1.807) is 146 Å². The highest BCUT2D eigenvalue weighted by atomic mass is 16.5. The molecule has 0 radical (unpaired) electrons. The quantitative estimate of drug-likeness (QED) is 0.0215. The van der Waals surface area contributed by atoms with E-state index in [0.717, 1.165) is 33.4 Å². The molecule has 0 aromatic heterocycles. The molecule has 0 unspecified atom stereocenters. The molecule has 0 saturated carbocycles. The molecular formula is C96H84N6O12. The van der Waals surface area contributed by atoms with Gasteiger partial charge in [0.25, 0.3) is 35.4 Å². The average Bonchev–Trinajstić information content (AvgIpc) is 0.757. The van der Waals surface area contributed by atoms with Crippen LogP contribution in [0, 0.1) is 0 Å². The molecule has 0 aliphatic heterocycles. The first-order valence-corrected chi connectivity index (χ1v) is 37.5. The van der Waals surface area contributed by atoms with Gasteiger partial charge in [0, 0.05) is 72.6 Å². The number of hydrogen-bond acceptors (Lipinski definition) is 12. The lowest BCUT2D eigenvalue weighted by molar-refractivity contribution is 0.0936. The predicted molar refractivity (Wildman–Crippen MR) is 437 cm³/mol. The number of benzene rings is 13. The number of nitrogens with one attached hydrogen (secondary N) is 6. The Kier molecular flexibility index (Phi) is 27.1. The van der Waals surface area contributed by atoms with E-state index in [-0.39, 0.29) is 147 Å². The van der Waals surface area contributed by atoms with Crippen LogP contribution in [0.4, 0.5) is 0 Å². The van der Waals surface area contributed by atoms with Crippen LogP contribution in [0.2, 0.25) is 0 Å². The third-order valence-electron chi connectivity index (χ3n) is 19.0. The van der Waals surface area contributed by atoms with Crippen molar-refractivity contribution in [2.75, 3.05) is 0 Å². The van der Waals surface area contributed by atoms with Crippen molar-refractivity contribution >= 4 is 35.4 Å². The van der Waals surface area contributed by atoms with Crippen molar-refractivity contribution in [3.05, 3.63) is 428 Å². The smallest absolute Gasteiger partial charge is 0.255 e. The van der Waals surface area contributed by atoms with Gasteiger partial charge in [-0.05, 0) is 106 Å². The standard InChI is InChI=1S/C96H84N6O12/c103-91(97-55-67-31-7-1-8-32-67)73-43-19-25-49-85(73)109-61-79-80(62-110-86-50-26-20-44-74(86)92(104)98-56-68-33-9-2-10-34-68)82(64-112-88-52-28-22-46-76(88)94(106)100-58-70-37-13-4-14-38-70)84(66-114-90-54-30-24-48-78(90)96(108)102-60-72-41-17-6-18-42-72)83(65-113-89-53-29-23-47-77(89)95(107)101-59-71-39-15-5-16-40-71)81(79)63-111-87-51-27-21-45-75(87)93(105)99-57-69-35-11-3-12-36-69/h1-54H,55-66H2,(H,97,103)(H,98,104)(H,99,105)(H,100,106)(H,101,107)(H,102,108). The van der Waals surface area contributed by atoms with Gasteiger partial charge in [-0.2, -0.15) is 0 Å². The van der Waals surface area contributed by atoms with Gasteiger partial charge >= 0.3 is 0 Å². The third-order valence-corrected chi connectivity index (χ3v) is 19.0. The predicted octanol–water partition coefficient (Wildman–Crippen LogP) is 16.7. The van der Waals surface area contributed by atoms with Gasteiger partial charge in [-0.1, -0.05) is 255 Å². The summed E-state index contributed by atoms with van der Waals surface area (Å²) in [5.41, 5.74) is 8.90. The van der Waals surface area contributed by atoms with Crippen LogP contribution in [0.25, 0.3) is 0 Å². The Labute approximate surface area is 662 Å². The number of ether oxygens (including phenoxy) is 6. The first kappa shape index (κ1) is 77.6. The fraction of sp³-hybridized carbons (Fsp3) is 0.125. The van der Waals surface area contributed by atoms with E-state index < -0.39 is 35.4 Å². The second-order valence-corrected chi connectivity index (χ2v) is 26.6. The SMILES string of the molecule is O=C(NCc1ccccc1)c1ccccc1OCc1c(COc2ccccc2C(=O)NCc2ccccc2)c(COc2ccccc2C(=O)NCc2ccccc2)c(COc2ccccc2C(=O)NCc2ccccc2)c(COc2ccccc2C(=O)NCc2ccccc2)c1COc1ccccc1C(=O)NCc1ccccc1. The minimum absolute atomic E-state index is 0.193. The molecule has 0 saturated heterocycles. The maximum absolute atomic E-state index is 14.6. The number of para-hydroxylation sites is 6. The summed E-state index contributed by atoms with van der Waals surface area (Å²) in [6.07, 6.45) is 0. The molecule has 0 heterocycles. The largest absolute Gasteiger partial charge is 0.488 e. The van der Waals surface area contributed by atoms with E-state index in [4.69, 9.17) is 28.4 Å². The maximum Gasteiger partial charge on any atom is 0.255 e. The molecule has 0 bridgehead atoms. The Balaban J connectivity index is 1.02. The molecule has 570 valence electrons. The molecule has 114 heavy (non-hydrogen) atoms. The van der Waals surface area contributed by atoms with Crippen LogP contribution < -0.4 is 60.3 Å². The lowest BCUT2D eigenvalue weighted by Gasteiger charge is -2.28. The fourth-order valence-corrected chi connectivity index (χ4v) is 13.0. The number of hydrogen-bond donors (Lipinski definition) is 6. The van der Waals surface area contributed by atoms with E-state index in [9.17, 15) is 28.8 Å². The molecule has 0 spiro atoms. The van der Waals surface area contributed by atoms with Crippen molar-refractivity contribution in [2.24, 2.45) is 0 Å². The highest BCUT2D eigenvalue weighted by Crippen LogP contribution is 2.38. The first-order chi connectivity index (χ1) is 56.1. The van der Waals surface area contributed by atoms with Gasteiger partial charge in [-0.3, -0.25) is 28.8 Å². The van der Waals surface area contributed by atoms with Crippen molar-refractivity contribution < 1.29 is 57.2 Å². The van der Waals surface area contributed by atoms with Gasteiger partial charge in [-0.25, -0.2) is 0 Å². The lowest BCUT2D eigenvalue weighted by atomic mass is 9.87. The van der Waals surface area contributed by atoms with Gasteiger partial charge in [0.05, 0.1) is 33.4 Å². The van der Waals surface area contributed by atoms with Crippen LogP contribution in [-0.2, 0) is 78.9 Å². The van der Waals surface area contributed by atoms with Gasteiger partial charge < -0.3 is 60.3 Å². The molecule has 0 fully saturated rings. The summed E-state index contributed by atoms with van der Waals surface area (Å²) < 4.78 is 42.7. The molecule has 13 aromatic carbocycles. The summed E-state index contributed by atoms with van der Waals surface area (Å²) in [6.45, 7) is -0.807. The minimum Gasteiger partial charge on any atom is -0.488 e. The van der Waals surface area contributed by atoms with Crippen molar-refractivity contribution in [1.29, 1.82) is 0 Å². The van der Waals surface area contributed by atoms with E-state index in [2.05, 4.69) is 31.9 Å². The lowest BCUT2D eigenvalue weighted by Crippen LogP contribution is -2.26. The van der Waals surface area contributed by atoms with E-state index in [0.29, 0.717) is 33.4 Å². The highest BCUT2D eigenvalue weighted by molar-refractivity contribution is 6.00. The topological polar surface area (TPSA) is 230 Å². The average molecular weight is 1510 g/mol. The molecule has 13 rings (SSSR count). The molecule has 6 N–H and O–H groups in total. The van der Waals surface area contributed by atoms with Crippen molar-refractivity contribution in [3.63, 3.8) is 0 Å². The van der Waals surface area contributed by atoms with Crippen LogP contribution >= 0.6 is 0 Å². The molecule has 18 nitrogen and oxygen atoms in total. The summed E-state index contributed by atoms with van der Waals surface area (Å²) in [6, 6.07) is 98.4. The van der Waals surface area contributed by atoms with Crippen LogP contribution in [0.5, 0.6) is 34.5 Å². The minimum atomic E-state index is -0.423. The number of rotatable bonds is 36. The second kappa shape index (κ2) is 39.7. The van der Waals surface area contributed by atoms with E-state index in [1.807, 2.05) is 182 Å². The van der Waals surface area contributed by atoms with Gasteiger partial charge in [0.15, 0.2) is 0 Å². The van der Waals surface area contributed by atoms with Crippen LogP contribution in [0.1, 0.15) is 129 Å². The van der Waals surface area contributed by atoms with Gasteiger partial charge in [0.1, 0.15) is 74.1 Å². The van der Waals surface area contributed by atoms with Crippen LogP contribution in [0.15, 0.2) is 328 Å². The summed E-state index contributed by atoms with van der Waals surface area (Å²) >= 11 is 0. The Morgan fingerprint density at radius 2 is 0.289 bits per heavy atom. The first-order valence-electron chi connectivity index (χ1n) is 37.5. The van der Waals surface area contributed by atoms with E-state index in [1.165, 1.54) is 0 Å². The monoisotopic (exact) mass is 1510 g/mol. The Hall–Kier alpha value is -14.5. The Morgan fingerprint density at radius 1 is 0.167 bits per heavy atom. The zero-order valence-electron chi connectivity index (χ0n) is 62.6. The zero-order chi connectivity index (χ0) is 78.5. The van der Waals surface area contributed by atoms with Crippen LogP contribution in [0.3, 0.4) is 0 Å². The Bertz CT molecular complexity index is 4540. The summed E-state index contributed by atoms with van der Waals surface area (Å²) in [4.78, 5) is 87.8. The number of carbonyl (C=O) groups excluding carboxylic acids is 6.